The number of carbonyl (C=O) groups excluding carboxylic acids is 1. The van der Waals surface area contributed by atoms with Crippen molar-refractivity contribution >= 4 is 12.0 Å². The van der Waals surface area contributed by atoms with E-state index in [1.807, 2.05) is 59.5 Å². The number of nitrogens with zero attached hydrogens (tertiary/aromatic N) is 1. The molecule has 0 aliphatic rings. The highest BCUT2D eigenvalue weighted by atomic mass is 16.2. The second kappa shape index (κ2) is 8.05. The molecular weight excluding hydrogens is 258 g/mol. The first-order valence-corrected chi connectivity index (χ1v) is 7.35. The first-order valence-electron chi connectivity index (χ1n) is 7.35. The quantitative estimate of drug-likeness (QED) is 0.728. The van der Waals surface area contributed by atoms with Crippen molar-refractivity contribution in [3.8, 4) is 0 Å². The highest BCUT2D eigenvalue weighted by Crippen LogP contribution is 2.07. The van der Waals surface area contributed by atoms with Crippen LogP contribution in [0.2, 0.25) is 0 Å². The normalized spacial score (nSPS) is 10.7. The van der Waals surface area contributed by atoms with Gasteiger partial charge >= 0.3 is 0 Å². The van der Waals surface area contributed by atoms with E-state index in [4.69, 9.17) is 0 Å². The molecule has 0 saturated carbocycles. The standard InChI is InChI=1S/C19H21NO/c1-2-15-20(16-18-11-7-4-8-12-18)19(21)14-13-17-9-5-3-6-10-17/h3-14H,2,15-16H2,1H3/b14-13+. The largest absolute Gasteiger partial charge is 0.335 e. The molecular formula is C19H21NO. The van der Waals surface area contributed by atoms with E-state index in [1.54, 1.807) is 6.08 Å². The molecule has 0 saturated heterocycles. The number of amides is 1. The van der Waals surface area contributed by atoms with Crippen LogP contribution in [0.4, 0.5) is 0 Å². The third kappa shape index (κ3) is 4.92. The summed E-state index contributed by atoms with van der Waals surface area (Å²) in [5.41, 5.74) is 2.20. The fourth-order valence-corrected chi connectivity index (χ4v) is 2.18. The average molecular weight is 279 g/mol. The highest BCUT2D eigenvalue weighted by molar-refractivity contribution is 5.91. The fourth-order valence-electron chi connectivity index (χ4n) is 2.18. The Balaban J connectivity index is 2.03. The number of carbonyl (C=O) groups is 1. The van der Waals surface area contributed by atoms with Crippen molar-refractivity contribution in [3.63, 3.8) is 0 Å². The molecule has 2 heteroatoms. The Bertz CT molecular complexity index is 575. The molecule has 2 aromatic carbocycles. The summed E-state index contributed by atoms with van der Waals surface area (Å²) in [5.74, 6) is 0.0598. The van der Waals surface area contributed by atoms with Crippen LogP contribution in [0, 0.1) is 0 Å². The van der Waals surface area contributed by atoms with Crippen LogP contribution in [-0.2, 0) is 11.3 Å². The third-order valence-electron chi connectivity index (χ3n) is 3.24. The molecule has 0 bridgehead atoms. The van der Waals surface area contributed by atoms with Crippen LogP contribution >= 0.6 is 0 Å². The van der Waals surface area contributed by atoms with Gasteiger partial charge in [-0.25, -0.2) is 0 Å². The van der Waals surface area contributed by atoms with Crippen molar-refractivity contribution < 1.29 is 4.79 Å². The van der Waals surface area contributed by atoms with E-state index in [2.05, 4.69) is 19.1 Å². The van der Waals surface area contributed by atoms with E-state index in [-0.39, 0.29) is 5.91 Å². The average Bonchev–Trinajstić information content (AvgIpc) is 2.54. The molecule has 1 amide bonds. The van der Waals surface area contributed by atoms with Gasteiger partial charge in [0.05, 0.1) is 0 Å². The van der Waals surface area contributed by atoms with Crippen LogP contribution in [0.25, 0.3) is 6.08 Å². The van der Waals surface area contributed by atoms with Gasteiger partial charge in [0, 0.05) is 19.2 Å². The molecule has 0 radical (unpaired) electrons. The fraction of sp³-hybridized carbons (Fsp3) is 0.211. The molecule has 0 aliphatic carbocycles. The van der Waals surface area contributed by atoms with Crippen molar-refractivity contribution in [1.82, 2.24) is 4.90 Å². The summed E-state index contributed by atoms with van der Waals surface area (Å²) < 4.78 is 0. The Labute approximate surface area is 126 Å². The van der Waals surface area contributed by atoms with Crippen LogP contribution in [0.3, 0.4) is 0 Å². The molecule has 0 fully saturated rings. The van der Waals surface area contributed by atoms with Gasteiger partial charge in [0.25, 0.3) is 0 Å². The lowest BCUT2D eigenvalue weighted by Gasteiger charge is -2.20. The zero-order valence-corrected chi connectivity index (χ0v) is 12.4. The van der Waals surface area contributed by atoms with E-state index in [1.165, 1.54) is 0 Å². The third-order valence-corrected chi connectivity index (χ3v) is 3.24. The molecule has 0 heterocycles. The Hall–Kier alpha value is -2.35. The van der Waals surface area contributed by atoms with Crippen LogP contribution in [0.15, 0.2) is 66.7 Å². The predicted molar refractivity (Wildman–Crippen MR) is 87.6 cm³/mol. The maximum absolute atomic E-state index is 12.3. The molecule has 0 atom stereocenters. The van der Waals surface area contributed by atoms with Crippen molar-refractivity contribution in [2.45, 2.75) is 19.9 Å². The predicted octanol–water partition coefficient (Wildman–Crippen LogP) is 4.14. The monoisotopic (exact) mass is 279 g/mol. The van der Waals surface area contributed by atoms with Gasteiger partial charge < -0.3 is 4.90 Å². The minimum Gasteiger partial charge on any atom is -0.335 e. The second-order valence-electron chi connectivity index (χ2n) is 4.99. The van der Waals surface area contributed by atoms with Crippen LogP contribution in [0.5, 0.6) is 0 Å². The highest BCUT2D eigenvalue weighted by Gasteiger charge is 2.09. The second-order valence-corrected chi connectivity index (χ2v) is 4.99. The number of hydrogen-bond acceptors (Lipinski definition) is 1. The van der Waals surface area contributed by atoms with Crippen LogP contribution in [-0.4, -0.2) is 17.4 Å². The Morgan fingerprint density at radius 3 is 2.24 bits per heavy atom. The molecule has 2 aromatic rings. The van der Waals surface area contributed by atoms with Gasteiger partial charge in [0.1, 0.15) is 0 Å². The minimum absolute atomic E-state index is 0.0598. The van der Waals surface area contributed by atoms with Gasteiger partial charge in [-0.15, -0.1) is 0 Å². The van der Waals surface area contributed by atoms with Gasteiger partial charge in [-0.05, 0) is 23.6 Å². The summed E-state index contributed by atoms with van der Waals surface area (Å²) in [6.07, 6.45) is 4.49. The molecule has 0 unspecified atom stereocenters. The minimum atomic E-state index is 0.0598. The zero-order valence-electron chi connectivity index (χ0n) is 12.4. The Kier molecular flexibility index (Phi) is 5.77. The summed E-state index contributed by atoms with van der Waals surface area (Å²) >= 11 is 0. The topological polar surface area (TPSA) is 20.3 Å². The summed E-state index contributed by atoms with van der Waals surface area (Å²) in [5, 5.41) is 0. The van der Waals surface area contributed by atoms with Crippen molar-refractivity contribution in [1.29, 1.82) is 0 Å². The van der Waals surface area contributed by atoms with Crippen LogP contribution in [0.1, 0.15) is 24.5 Å². The molecule has 21 heavy (non-hydrogen) atoms. The molecule has 0 N–H and O–H groups in total. The van der Waals surface area contributed by atoms with Crippen molar-refractivity contribution in [2.75, 3.05) is 6.54 Å². The first kappa shape index (κ1) is 15.0. The number of rotatable bonds is 6. The van der Waals surface area contributed by atoms with E-state index in [0.29, 0.717) is 6.54 Å². The van der Waals surface area contributed by atoms with Gasteiger partial charge in [0.2, 0.25) is 5.91 Å². The van der Waals surface area contributed by atoms with E-state index in [9.17, 15) is 4.79 Å². The molecule has 108 valence electrons. The summed E-state index contributed by atoms with van der Waals surface area (Å²) in [6, 6.07) is 20.0. The van der Waals surface area contributed by atoms with Crippen LogP contribution < -0.4 is 0 Å². The van der Waals surface area contributed by atoms with E-state index in [0.717, 1.165) is 24.1 Å². The van der Waals surface area contributed by atoms with Crippen molar-refractivity contribution in [3.05, 3.63) is 77.9 Å². The number of benzene rings is 2. The zero-order chi connectivity index (χ0) is 14.9. The maximum atomic E-state index is 12.3. The molecule has 0 aromatic heterocycles. The summed E-state index contributed by atoms with van der Waals surface area (Å²) in [7, 11) is 0. The Morgan fingerprint density at radius 2 is 1.62 bits per heavy atom. The number of hydrogen-bond donors (Lipinski definition) is 0. The smallest absolute Gasteiger partial charge is 0.246 e. The lowest BCUT2D eigenvalue weighted by atomic mass is 10.2. The summed E-state index contributed by atoms with van der Waals surface area (Å²) in [6.45, 7) is 3.52. The van der Waals surface area contributed by atoms with Crippen molar-refractivity contribution in [2.24, 2.45) is 0 Å². The molecule has 0 aliphatic heterocycles. The molecule has 0 spiro atoms. The maximum Gasteiger partial charge on any atom is 0.246 e. The van der Waals surface area contributed by atoms with Gasteiger partial charge in [-0.3, -0.25) is 4.79 Å². The van der Waals surface area contributed by atoms with E-state index >= 15 is 0 Å². The van der Waals surface area contributed by atoms with Gasteiger partial charge in [-0.2, -0.15) is 0 Å². The van der Waals surface area contributed by atoms with Gasteiger partial charge in [0.15, 0.2) is 0 Å². The lowest BCUT2D eigenvalue weighted by molar-refractivity contribution is -0.126. The first-order chi connectivity index (χ1) is 10.3. The summed E-state index contributed by atoms with van der Waals surface area (Å²) in [4.78, 5) is 14.2. The SMILES string of the molecule is CCCN(Cc1ccccc1)C(=O)/C=C/c1ccccc1. The van der Waals surface area contributed by atoms with E-state index < -0.39 is 0 Å². The Morgan fingerprint density at radius 1 is 1.00 bits per heavy atom. The molecule has 2 nitrogen and oxygen atoms in total. The molecule has 2 rings (SSSR count). The lowest BCUT2D eigenvalue weighted by Crippen LogP contribution is -2.29. The van der Waals surface area contributed by atoms with Gasteiger partial charge in [-0.1, -0.05) is 67.6 Å².